The van der Waals surface area contributed by atoms with Gasteiger partial charge >= 0.3 is 0 Å². The van der Waals surface area contributed by atoms with Gasteiger partial charge in [0.25, 0.3) is 6.02 Å². The molecule has 2 aromatic rings. The van der Waals surface area contributed by atoms with Gasteiger partial charge in [0, 0.05) is 19.0 Å². The maximum Gasteiger partial charge on any atom is 0.288 e. The normalized spacial score (nSPS) is 32.8. The van der Waals surface area contributed by atoms with E-state index >= 15 is 0 Å². The van der Waals surface area contributed by atoms with Crippen LogP contribution in [0.1, 0.15) is 35.6 Å². The van der Waals surface area contributed by atoms with Crippen molar-refractivity contribution in [3.63, 3.8) is 0 Å². The number of halogens is 1. The highest BCUT2D eigenvalue weighted by Gasteiger charge is 2.53. The molecule has 2 bridgehead atoms. The van der Waals surface area contributed by atoms with Crippen molar-refractivity contribution < 1.29 is 9.13 Å². The Morgan fingerprint density at radius 3 is 2.69 bits per heavy atom. The molecular formula is C24H26FN3O. The summed E-state index contributed by atoms with van der Waals surface area (Å²) in [6.07, 6.45) is 3.37. The molecule has 150 valence electrons. The number of fused-ring (bicyclic) bond motifs is 3. The van der Waals surface area contributed by atoms with Gasteiger partial charge in [-0.25, -0.2) is 9.38 Å². The van der Waals surface area contributed by atoms with E-state index in [1.54, 1.807) is 12.1 Å². The quantitative estimate of drug-likeness (QED) is 0.743. The van der Waals surface area contributed by atoms with Gasteiger partial charge in [-0.2, -0.15) is 0 Å². The fraction of sp³-hybridized carbons (Fsp3) is 0.458. The minimum Gasteiger partial charge on any atom is -0.455 e. The van der Waals surface area contributed by atoms with Crippen LogP contribution >= 0.6 is 0 Å². The lowest BCUT2D eigenvalue weighted by Crippen LogP contribution is -2.61. The van der Waals surface area contributed by atoms with Crippen LogP contribution in [-0.2, 0) is 11.2 Å². The topological polar surface area (TPSA) is 28.1 Å². The van der Waals surface area contributed by atoms with Crippen LogP contribution in [0.3, 0.4) is 0 Å². The Morgan fingerprint density at radius 2 is 1.90 bits per heavy atom. The number of ether oxygens (including phenoxy) is 1. The van der Waals surface area contributed by atoms with Crippen molar-refractivity contribution >= 4 is 6.02 Å². The number of piperidine rings is 3. The van der Waals surface area contributed by atoms with Gasteiger partial charge in [0.05, 0.1) is 12.6 Å². The zero-order chi connectivity index (χ0) is 19.4. The molecule has 5 heteroatoms. The zero-order valence-electron chi connectivity index (χ0n) is 16.6. The Hall–Kier alpha value is -2.40. The Bertz CT molecular complexity index is 968. The fourth-order valence-electron chi connectivity index (χ4n) is 5.83. The molecule has 0 radical (unpaired) electrons. The average molecular weight is 391 g/mol. The molecular weight excluding hydrogens is 365 g/mol. The van der Waals surface area contributed by atoms with E-state index in [-0.39, 0.29) is 17.5 Å². The van der Waals surface area contributed by atoms with E-state index in [2.05, 4.69) is 34.1 Å². The molecule has 0 unspecified atom stereocenters. The molecule has 0 aromatic heterocycles. The lowest BCUT2D eigenvalue weighted by Gasteiger charge is -2.50. The predicted octanol–water partition coefficient (Wildman–Crippen LogP) is 3.62. The molecule has 3 saturated heterocycles. The highest BCUT2D eigenvalue weighted by Crippen LogP contribution is 2.43. The maximum atomic E-state index is 14.1. The third kappa shape index (κ3) is 2.78. The first-order valence-corrected chi connectivity index (χ1v) is 10.8. The van der Waals surface area contributed by atoms with Crippen LogP contribution in [-0.4, -0.2) is 54.1 Å². The summed E-state index contributed by atoms with van der Waals surface area (Å²) in [6.45, 7) is 4.95. The first kappa shape index (κ1) is 17.5. The number of nitrogens with zero attached hydrogens (tertiary/aromatic N) is 3. The van der Waals surface area contributed by atoms with E-state index < -0.39 is 0 Å². The molecule has 2 aromatic carbocycles. The largest absolute Gasteiger partial charge is 0.455 e. The van der Waals surface area contributed by atoms with Crippen molar-refractivity contribution in [1.82, 2.24) is 9.80 Å². The lowest BCUT2D eigenvalue weighted by atomic mass is 9.75. The van der Waals surface area contributed by atoms with Gasteiger partial charge in [0.15, 0.2) is 0 Å². The number of hydrogen-bond acceptors (Lipinski definition) is 4. The maximum absolute atomic E-state index is 14.1. The van der Waals surface area contributed by atoms with E-state index in [1.807, 2.05) is 6.07 Å². The van der Waals surface area contributed by atoms with E-state index in [4.69, 9.17) is 9.73 Å². The zero-order valence-corrected chi connectivity index (χ0v) is 16.6. The molecule has 0 N–H and O–H groups in total. The van der Waals surface area contributed by atoms with E-state index in [0.717, 1.165) is 37.6 Å². The summed E-state index contributed by atoms with van der Waals surface area (Å²) in [7, 11) is 0. The molecule has 2 atom stereocenters. The van der Waals surface area contributed by atoms with Gasteiger partial charge in [-0.15, -0.1) is 0 Å². The summed E-state index contributed by atoms with van der Waals surface area (Å²) in [5.74, 6) is 0.395. The Labute approximate surface area is 171 Å². The van der Waals surface area contributed by atoms with Crippen LogP contribution in [0.25, 0.3) is 0 Å². The molecule has 0 saturated carbocycles. The second kappa shape index (κ2) is 6.56. The van der Waals surface area contributed by atoms with Gasteiger partial charge < -0.3 is 9.64 Å². The molecule has 1 spiro atoms. The van der Waals surface area contributed by atoms with Crippen molar-refractivity contribution in [2.45, 2.75) is 30.9 Å². The van der Waals surface area contributed by atoms with E-state index in [1.165, 1.54) is 43.1 Å². The smallest absolute Gasteiger partial charge is 0.288 e. The van der Waals surface area contributed by atoms with Crippen molar-refractivity contribution in [2.24, 2.45) is 10.9 Å². The third-order valence-electron chi connectivity index (χ3n) is 7.29. The third-order valence-corrected chi connectivity index (χ3v) is 7.29. The Balaban J connectivity index is 1.36. The Morgan fingerprint density at radius 1 is 1.03 bits per heavy atom. The summed E-state index contributed by atoms with van der Waals surface area (Å²) in [5, 5.41) is 0. The number of rotatable bonds is 1. The predicted molar refractivity (Wildman–Crippen MR) is 110 cm³/mol. The van der Waals surface area contributed by atoms with Crippen LogP contribution < -0.4 is 0 Å². The molecule has 5 heterocycles. The summed E-state index contributed by atoms with van der Waals surface area (Å²) < 4.78 is 20.8. The molecule has 29 heavy (non-hydrogen) atoms. The number of aliphatic imine (C=N–C) groups is 1. The standard InChI is InChI=1S/C24H26FN3O/c25-20-6-3-5-18(14-20)22-21-7-2-1-4-17(21)8-13-28(22)23-26-15-24(29-23)16-27-11-9-19(24)10-12-27/h1-7,14,19,22H,8-13,15-16H2/t22-,24-/m0/s1. The molecule has 3 fully saturated rings. The monoisotopic (exact) mass is 391 g/mol. The van der Waals surface area contributed by atoms with E-state index in [0.29, 0.717) is 5.92 Å². The average Bonchev–Trinajstić information content (AvgIpc) is 3.17. The van der Waals surface area contributed by atoms with Gasteiger partial charge in [0.1, 0.15) is 11.4 Å². The van der Waals surface area contributed by atoms with Crippen LogP contribution in [0, 0.1) is 11.7 Å². The highest BCUT2D eigenvalue weighted by atomic mass is 19.1. The summed E-state index contributed by atoms with van der Waals surface area (Å²) in [4.78, 5) is 9.72. The van der Waals surface area contributed by atoms with Crippen LogP contribution in [0.15, 0.2) is 53.5 Å². The van der Waals surface area contributed by atoms with Crippen LogP contribution in [0.2, 0.25) is 0 Å². The van der Waals surface area contributed by atoms with Crippen molar-refractivity contribution in [3.05, 3.63) is 71.0 Å². The fourth-order valence-corrected chi connectivity index (χ4v) is 5.83. The molecule has 5 aliphatic rings. The van der Waals surface area contributed by atoms with Gasteiger partial charge in [-0.1, -0.05) is 36.4 Å². The Kier molecular flexibility index (Phi) is 3.95. The summed E-state index contributed by atoms with van der Waals surface area (Å²) in [6, 6.07) is 16.2. The van der Waals surface area contributed by atoms with Crippen LogP contribution in [0.4, 0.5) is 4.39 Å². The van der Waals surface area contributed by atoms with Crippen LogP contribution in [0.5, 0.6) is 0 Å². The highest BCUT2D eigenvalue weighted by molar-refractivity contribution is 5.78. The first-order chi connectivity index (χ1) is 14.2. The lowest BCUT2D eigenvalue weighted by molar-refractivity contribution is -0.0895. The van der Waals surface area contributed by atoms with Gasteiger partial charge in [-0.3, -0.25) is 4.90 Å². The number of amidine groups is 1. The van der Waals surface area contributed by atoms with Crippen molar-refractivity contribution in [1.29, 1.82) is 0 Å². The SMILES string of the molecule is Fc1cccc([C@H]2c3ccccc3CCN2C2=NC[C@@]3(CN4CCC3CC4)O2)c1. The van der Waals surface area contributed by atoms with Crippen molar-refractivity contribution in [3.8, 4) is 0 Å². The summed E-state index contributed by atoms with van der Waals surface area (Å²) in [5.41, 5.74) is 3.35. The molecule has 0 aliphatic carbocycles. The number of benzene rings is 2. The minimum absolute atomic E-state index is 0.0642. The molecule has 4 nitrogen and oxygen atoms in total. The second-order valence-electron chi connectivity index (χ2n) is 8.92. The van der Waals surface area contributed by atoms with Gasteiger partial charge in [0.2, 0.25) is 0 Å². The van der Waals surface area contributed by atoms with E-state index in [9.17, 15) is 4.39 Å². The minimum atomic E-state index is -0.200. The first-order valence-electron chi connectivity index (χ1n) is 10.8. The molecule has 0 amide bonds. The van der Waals surface area contributed by atoms with Gasteiger partial charge in [-0.05, 0) is 61.2 Å². The number of hydrogen-bond donors (Lipinski definition) is 0. The summed E-state index contributed by atoms with van der Waals surface area (Å²) >= 11 is 0. The second-order valence-corrected chi connectivity index (χ2v) is 8.92. The van der Waals surface area contributed by atoms with Crippen molar-refractivity contribution in [2.75, 3.05) is 32.7 Å². The molecule has 7 rings (SSSR count). The molecule has 5 aliphatic heterocycles.